The fourth-order valence-corrected chi connectivity index (χ4v) is 4.10. The molecule has 3 N–H and O–H groups in total. The van der Waals surface area contributed by atoms with Gasteiger partial charge in [0.25, 0.3) is 5.91 Å². The molecule has 234 valence electrons. The zero-order valence-electron chi connectivity index (χ0n) is 24.1. The number of hydrogen-bond donors (Lipinski definition) is 3. The summed E-state index contributed by atoms with van der Waals surface area (Å²) in [5, 5.41) is 15.8. The molecule has 1 aromatic carbocycles. The van der Waals surface area contributed by atoms with Gasteiger partial charge in [0.15, 0.2) is 5.13 Å². The van der Waals surface area contributed by atoms with Crippen LogP contribution in [0.5, 0.6) is 0 Å². The number of anilines is 2. The van der Waals surface area contributed by atoms with Crippen molar-refractivity contribution in [1.82, 2.24) is 4.98 Å². The molecule has 0 fully saturated rings. The van der Waals surface area contributed by atoms with E-state index in [0.717, 1.165) is 16.9 Å². The number of hydrogen-bond acceptors (Lipinski definition) is 12. The molecule has 14 heteroatoms. The lowest BCUT2D eigenvalue weighted by atomic mass is 10.1. The van der Waals surface area contributed by atoms with Crippen molar-refractivity contribution in [2.24, 2.45) is 0 Å². The van der Waals surface area contributed by atoms with Crippen LogP contribution in [0.3, 0.4) is 0 Å². The number of para-hydroxylation sites is 1. The van der Waals surface area contributed by atoms with Gasteiger partial charge in [-0.05, 0) is 26.0 Å². The molecule has 1 heterocycles. The fraction of sp³-hybridized carbons (Fsp3) is 0.571. The molecule has 42 heavy (non-hydrogen) atoms. The van der Waals surface area contributed by atoms with Crippen molar-refractivity contribution in [3.63, 3.8) is 0 Å². The third-order valence-electron chi connectivity index (χ3n) is 5.57. The summed E-state index contributed by atoms with van der Waals surface area (Å²) in [6.45, 7) is 7.94. The SMILES string of the molecule is Cc1nc(NC(=O)c2ccccc2NC(COCCOCCOCCOCCOCCOCCC=O)C(=O)O)sc1C. The zero-order valence-corrected chi connectivity index (χ0v) is 24.9. The number of ether oxygens (including phenoxy) is 6. The predicted molar refractivity (Wildman–Crippen MR) is 157 cm³/mol. The second kappa shape index (κ2) is 21.7. The van der Waals surface area contributed by atoms with Crippen molar-refractivity contribution in [3.05, 3.63) is 40.4 Å². The van der Waals surface area contributed by atoms with Crippen LogP contribution in [-0.2, 0) is 38.0 Å². The highest BCUT2D eigenvalue weighted by Crippen LogP contribution is 2.23. The van der Waals surface area contributed by atoms with Gasteiger partial charge in [0.2, 0.25) is 0 Å². The predicted octanol–water partition coefficient (Wildman–Crippen LogP) is 2.57. The van der Waals surface area contributed by atoms with Crippen LogP contribution >= 0.6 is 11.3 Å². The largest absolute Gasteiger partial charge is 0.480 e. The molecular weight excluding hydrogens is 570 g/mol. The number of thiazole rings is 1. The lowest BCUT2D eigenvalue weighted by molar-refractivity contribution is -0.139. The van der Waals surface area contributed by atoms with Gasteiger partial charge in [0.05, 0.1) is 90.5 Å². The minimum Gasteiger partial charge on any atom is -0.480 e. The van der Waals surface area contributed by atoms with E-state index in [0.29, 0.717) is 82.3 Å². The molecule has 0 saturated carbocycles. The maximum atomic E-state index is 12.8. The minimum atomic E-state index is -1.11. The highest BCUT2D eigenvalue weighted by molar-refractivity contribution is 7.15. The smallest absolute Gasteiger partial charge is 0.328 e. The van der Waals surface area contributed by atoms with E-state index in [1.807, 2.05) is 13.8 Å². The fourth-order valence-electron chi connectivity index (χ4n) is 3.29. The number of carboxylic acids is 1. The molecule has 1 unspecified atom stereocenters. The molecule has 0 spiro atoms. The number of nitrogens with one attached hydrogen (secondary N) is 2. The molecule has 0 saturated heterocycles. The Labute approximate surface area is 249 Å². The quantitative estimate of drug-likeness (QED) is 0.111. The molecule has 0 aliphatic carbocycles. The second-order valence-electron chi connectivity index (χ2n) is 8.79. The number of amides is 1. The van der Waals surface area contributed by atoms with Crippen LogP contribution in [0.1, 0.15) is 27.3 Å². The highest BCUT2D eigenvalue weighted by Gasteiger charge is 2.21. The van der Waals surface area contributed by atoms with Crippen LogP contribution in [0.4, 0.5) is 10.8 Å². The number of carboxylic acid groups (broad SMARTS) is 1. The Hall–Kier alpha value is -2.98. The molecule has 0 aliphatic rings. The Kier molecular flexibility index (Phi) is 18.2. The van der Waals surface area contributed by atoms with E-state index >= 15 is 0 Å². The van der Waals surface area contributed by atoms with Crippen LogP contribution < -0.4 is 10.6 Å². The van der Waals surface area contributed by atoms with E-state index in [4.69, 9.17) is 28.4 Å². The molecule has 1 atom stereocenters. The van der Waals surface area contributed by atoms with E-state index in [-0.39, 0.29) is 19.8 Å². The average molecular weight is 612 g/mol. The Morgan fingerprint density at radius 3 is 1.88 bits per heavy atom. The standard InChI is InChI=1S/C28H41N3O10S/c1-21-22(2)42-28(29-21)31-26(33)23-6-3-4-7-24(23)30-25(27(34)35)20-41-19-18-40-17-16-39-15-14-38-13-12-37-11-10-36-9-5-8-32/h3-4,6-8,25,30H,5,9-20H2,1-2H3,(H,34,35)(H,29,31,33). The lowest BCUT2D eigenvalue weighted by Gasteiger charge is -2.18. The van der Waals surface area contributed by atoms with Gasteiger partial charge in [0, 0.05) is 17.0 Å². The van der Waals surface area contributed by atoms with Gasteiger partial charge in [-0.3, -0.25) is 10.1 Å². The highest BCUT2D eigenvalue weighted by atomic mass is 32.1. The van der Waals surface area contributed by atoms with Crippen molar-refractivity contribution in [2.75, 3.05) is 89.9 Å². The minimum absolute atomic E-state index is 0.121. The van der Waals surface area contributed by atoms with Crippen LogP contribution in [0.2, 0.25) is 0 Å². The monoisotopic (exact) mass is 611 g/mol. The Balaban J connectivity index is 1.54. The summed E-state index contributed by atoms with van der Waals surface area (Å²) in [5.41, 5.74) is 1.51. The molecule has 0 bridgehead atoms. The molecule has 2 rings (SSSR count). The van der Waals surface area contributed by atoms with Crippen molar-refractivity contribution in [1.29, 1.82) is 0 Å². The van der Waals surface area contributed by atoms with Crippen molar-refractivity contribution in [3.8, 4) is 0 Å². The van der Waals surface area contributed by atoms with Crippen LogP contribution in [0.25, 0.3) is 0 Å². The van der Waals surface area contributed by atoms with Gasteiger partial charge < -0.3 is 43.6 Å². The molecular formula is C28H41N3O10S. The maximum absolute atomic E-state index is 12.8. The number of aldehydes is 1. The summed E-state index contributed by atoms with van der Waals surface area (Å²) in [4.78, 5) is 40.1. The second-order valence-corrected chi connectivity index (χ2v) is 9.99. The first-order valence-corrected chi connectivity index (χ1v) is 14.5. The van der Waals surface area contributed by atoms with E-state index in [1.54, 1.807) is 24.3 Å². The van der Waals surface area contributed by atoms with E-state index in [9.17, 15) is 19.5 Å². The van der Waals surface area contributed by atoms with Gasteiger partial charge >= 0.3 is 5.97 Å². The summed E-state index contributed by atoms with van der Waals surface area (Å²) in [6, 6.07) is 5.60. The number of nitrogens with zero attached hydrogens (tertiary/aromatic N) is 1. The van der Waals surface area contributed by atoms with Gasteiger partial charge in [-0.1, -0.05) is 12.1 Å². The van der Waals surface area contributed by atoms with Gasteiger partial charge in [-0.15, -0.1) is 11.3 Å². The van der Waals surface area contributed by atoms with Crippen molar-refractivity contribution in [2.45, 2.75) is 26.3 Å². The number of rotatable bonds is 25. The number of aromatic nitrogens is 1. The van der Waals surface area contributed by atoms with E-state index in [2.05, 4.69) is 15.6 Å². The average Bonchev–Trinajstić information content (AvgIpc) is 3.29. The van der Waals surface area contributed by atoms with Gasteiger partial charge in [-0.25, -0.2) is 9.78 Å². The van der Waals surface area contributed by atoms with E-state index in [1.165, 1.54) is 11.3 Å². The van der Waals surface area contributed by atoms with Crippen molar-refractivity contribution >= 4 is 40.3 Å². The Morgan fingerprint density at radius 1 is 0.857 bits per heavy atom. The summed E-state index contributed by atoms with van der Waals surface area (Å²) in [6.07, 6.45) is 1.21. The van der Waals surface area contributed by atoms with Crippen molar-refractivity contribution < 1.29 is 47.9 Å². The van der Waals surface area contributed by atoms with Crippen LogP contribution in [-0.4, -0.2) is 114 Å². The molecule has 2 aromatic rings. The van der Waals surface area contributed by atoms with E-state index < -0.39 is 17.9 Å². The molecule has 13 nitrogen and oxygen atoms in total. The molecule has 1 amide bonds. The zero-order chi connectivity index (χ0) is 30.4. The van der Waals surface area contributed by atoms with Crippen LogP contribution in [0.15, 0.2) is 24.3 Å². The lowest BCUT2D eigenvalue weighted by Crippen LogP contribution is -2.35. The molecule has 0 aliphatic heterocycles. The topological polar surface area (TPSA) is 164 Å². The number of carbonyl (C=O) groups is 3. The number of carbonyl (C=O) groups excluding carboxylic acids is 2. The summed E-state index contributed by atoms with van der Waals surface area (Å²) in [7, 11) is 0. The summed E-state index contributed by atoms with van der Waals surface area (Å²) >= 11 is 1.37. The van der Waals surface area contributed by atoms with Crippen LogP contribution in [0, 0.1) is 13.8 Å². The summed E-state index contributed by atoms with van der Waals surface area (Å²) < 4.78 is 32.3. The number of benzene rings is 1. The Bertz CT molecular complexity index is 1050. The first-order valence-electron chi connectivity index (χ1n) is 13.7. The van der Waals surface area contributed by atoms with Gasteiger partial charge in [-0.2, -0.15) is 0 Å². The number of aryl methyl sites for hydroxylation is 2. The first kappa shape index (κ1) is 35.2. The number of aliphatic carboxylic acids is 1. The normalized spacial score (nSPS) is 11.8. The van der Waals surface area contributed by atoms with Gasteiger partial charge in [0.1, 0.15) is 12.3 Å². The molecule has 0 radical (unpaired) electrons. The third-order valence-corrected chi connectivity index (χ3v) is 6.56. The first-order chi connectivity index (χ1) is 20.4. The third kappa shape index (κ3) is 14.8. The maximum Gasteiger partial charge on any atom is 0.328 e. The Morgan fingerprint density at radius 2 is 1.38 bits per heavy atom. The molecule has 1 aromatic heterocycles. The summed E-state index contributed by atoms with van der Waals surface area (Å²) in [5.74, 6) is -1.50.